The second-order valence-electron chi connectivity index (χ2n) is 5.38. The topological polar surface area (TPSA) is 71.4 Å². The smallest absolute Gasteiger partial charge is 0.270 e. The van der Waals surface area contributed by atoms with Gasteiger partial charge in [0.15, 0.2) is 5.82 Å². The van der Waals surface area contributed by atoms with Crippen LogP contribution in [0.3, 0.4) is 0 Å². The molecule has 2 aromatic heterocycles. The molecule has 0 aliphatic carbocycles. The summed E-state index contributed by atoms with van der Waals surface area (Å²) in [7, 11) is 4.21. The zero-order chi connectivity index (χ0) is 14.3. The Kier molecular flexibility index (Phi) is 3.49. The average Bonchev–Trinajstić information content (AvgIpc) is 3.01. The largest absolute Gasteiger partial charge is 0.397 e. The highest BCUT2D eigenvalue weighted by Gasteiger charge is 2.28. The maximum absolute atomic E-state index is 6.04. The van der Waals surface area contributed by atoms with E-state index in [0.29, 0.717) is 5.89 Å². The van der Waals surface area contributed by atoms with Gasteiger partial charge in [0, 0.05) is 19.6 Å². The van der Waals surface area contributed by atoms with Crippen molar-refractivity contribution >= 4 is 17.0 Å². The molecule has 108 valence electrons. The van der Waals surface area contributed by atoms with Gasteiger partial charge in [0.25, 0.3) is 5.89 Å². The van der Waals surface area contributed by atoms with Crippen LogP contribution >= 0.6 is 11.3 Å². The van der Waals surface area contributed by atoms with Crippen LogP contribution < -0.4 is 5.73 Å². The zero-order valence-electron chi connectivity index (χ0n) is 12.0. The Balaban J connectivity index is 1.88. The molecule has 20 heavy (non-hydrogen) atoms. The van der Waals surface area contributed by atoms with E-state index in [1.165, 1.54) is 0 Å². The van der Waals surface area contributed by atoms with Crippen molar-refractivity contribution in [3.63, 3.8) is 0 Å². The van der Waals surface area contributed by atoms with Gasteiger partial charge < -0.3 is 15.2 Å². The van der Waals surface area contributed by atoms with Crippen LogP contribution in [-0.4, -0.2) is 53.7 Å². The molecule has 1 unspecified atom stereocenters. The molecule has 3 heterocycles. The summed E-state index contributed by atoms with van der Waals surface area (Å²) in [6.07, 6.45) is 0. The molecule has 0 bridgehead atoms. The van der Waals surface area contributed by atoms with Gasteiger partial charge in [-0.15, -0.1) is 11.3 Å². The Morgan fingerprint density at radius 1 is 1.40 bits per heavy atom. The molecule has 2 aromatic rings. The van der Waals surface area contributed by atoms with Crippen LogP contribution in [-0.2, 0) is 0 Å². The van der Waals surface area contributed by atoms with E-state index in [9.17, 15) is 0 Å². The quantitative estimate of drug-likeness (QED) is 0.907. The van der Waals surface area contributed by atoms with Crippen molar-refractivity contribution in [2.24, 2.45) is 0 Å². The van der Waals surface area contributed by atoms with E-state index >= 15 is 0 Å². The SMILES string of the molecule is Cc1csc(-c2nc(C3CN(C)CCN3C)no2)c1N. The summed E-state index contributed by atoms with van der Waals surface area (Å²) < 4.78 is 5.41. The van der Waals surface area contributed by atoms with E-state index in [2.05, 4.69) is 34.0 Å². The summed E-state index contributed by atoms with van der Waals surface area (Å²) in [5.74, 6) is 1.26. The van der Waals surface area contributed by atoms with Crippen molar-refractivity contribution in [2.75, 3.05) is 39.5 Å². The minimum atomic E-state index is 0.175. The van der Waals surface area contributed by atoms with Crippen LogP contribution in [0.5, 0.6) is 0 Å². The Morgan fingerprint density at radius 3 is 2.90 bits per heavy atom. The Labute approximate surface area is 122 Å². The second kappa shape index (κ2) is 5.16. The van der Waals surface area contributed by atoms with Crippen molar-refractivity contribution in [2.45, 2.75) is 13.0 Å². The van der Waals surface area contributed by atoms with Gasteiger partial charge in [-0.05, 0) is 32.0 Å². The number of rotatable bonds is 2. The third-order valence-electron chi connectivity index (χ3n) is 3.81. The average molecular weight is 293 g/mol. The molecule has 1 atom stereocenters. The van der Waals surface area contributed by atoms with Crippen LogP contribution in [0, 0.1) is 6.92 Å². The molecule has 3 rings (SSSR count). The molecule has 1 fully saturated rings. The van der Waals surface area contributed by atoms with Gasteiger partial charge in [0.05, 0.1) is 11.7 Å². The van der Waals surface area contributed by atoms with Gasteiger partial charge in [-0.2, -0.15) is 4.98 Å². The van der Waals surface area contributed by atoms with Crippen molar-refractivity contribution in [3.8, 4) is 10.8 Å². The summed E-state index contributed by atoms with van der Waals surface area (Å²) in [4.78, 5) is 9.96. The normalized spacial score (nSPS) is 21.4. The number of nitrogens with zero attached hydrogens (tertiary/aromatic N) is 4. The Morgan fingerprint density at radius 2 is 2.20 bits per heavy atom. The van der Waals surface area contributed by atoms with Gasteiger partial charge in [-0.1, -0.05) is 5.16 Å². The number of hydrogen-bond acceptors (Lipinski definition) is 7. The second-order valence-corrected chi connectivity index (χ2v) is 6.26. The van der Waals surface area contributed by atoms with E-state index in [1.54, 1.807) is 11.3 Å². The lowest BCUT2D eigenvalue weighted by atomic mass is 10.2. The third-order valence-corrected chi connectivity index (χ3v) is 4.91. The first-order chi connectivity index (χ1) is 9.56. The lowest BCUT2D eigenvalue weighted by Gasteiger charge is -2.35. The van der Waals surface area contributed by atoms with Gasteiger partial charge in [0.1, 0.15) is 4.88 Å². The first-order valence-electron chi connectivity index (χ1n) is 6.62. The molecule has 0 aromatic carbocycles. The Bertz CT molecular complexity index is 608. The summed E-state index contributed by atoms with van der Waals surface area (Å²) in [6.45, 7) is 4.96. The van der Waals surface area contributed by atoms with Crippen molar-refractivity contribution in [1.82, 2.24) is 19.9 Å². The lowest BCUT2D eigenvalue weighted by Crippen LogP contribution is -2.45. The van der Waals surface area contributed by atoms with E-state index in [4.69, 9.17) is 10.3 Å². The molecule has 6 nitrogen and oxygen atoms in total. The first-order valence-corrected chi connectivity index (χ1v) is 7.50. The molecule has 1 saturated heterocycles. The highest BCUT2D eigenvalue weighted by atomic mass is 32.1. The maximum atomic E-state index is 6.04. The van der Waals surface area contributed by atoms with Gasteiger partial charge >= 0.3 is 0 Å². The van der Waals surface area contributed by atoms with Gasteiger partial charge in [-0.3, -0.25) is 4.90 Å². The number of thiophene rings is 1. The molecular weight excluding hydrogens is 274 g/mol. The molecule has 2 N–H and O–H groups in total. The molecule has 0 saturated carbocycles. The molecule has 1 aliphatic heterocycles. The third kappa shape index (κ3) is 2.32. The Hall–Kier alpha value is -1.44. The van der Waals surface area contributed by atoms with Crippen molar-refractivity contribution < 1.29 is 4.52 Å². The number of aromatic nitrogens is 2. The standard InChI is InChI=1S/C13H19N5OS/c1-8-7-20-11(10(8)14)13-15-12(16-19-13)9-6-17(2)4-5-18(9)3/h7,9H,4-6,14H2,1-3H3. The number of nitrogen functional groups attached to an aromatic ring is 1. The van der Waals surface area contributed by atoms with Crippen LogP contribution in [0.2, 0.25) is 0 Å². The molecule has 1 aliphatic rings. The van der Waals surface area contributed by atoms with Gasteiger partial charge in [0.2, 0.25) is 0 Å². The number of hydrogen-bond donors (Lipinski definition) is 1. The van der Waals surface area contributed by atoms with E-state index < -0.39 is 0 Å². The number of aryl methyl sites for hydroxylation is 1. The predicted molar refractivity (Wildman–Crippen MR) is 79.6 cm³/mol. The van der Waals surface area contributed by atoms with E-state index in [1.807, 2.05) is 12.3 Å². The molecule has 0 amide bonds. The minimum absolute atomic E-state index is 0.175. The monoisotopic (exact) mass is 293 g/mol. The van der Waals surface area contributed by atoms with Crippen molar-refractivity contribution in [3.05, 3.63) is 16.8 Å². The molecule has 0 spiro atoms. The molecule has 0 radical (unpaired) electrons. The van der Waals surface area contributed by atoms with Crippen molar-refractivity contribution in [1.29, 1.82) is 0 Å². The summed E-state index contributed by atoms with van der Waals surface area (Å²) >= 11 is 1.55. The fraction of sp³-hybridized carbons (Fsp3) is 0.538. The first kappa shape index (κ1) is 13.5. The minimum Gasteiger partial charge on any atom is -0.397 e. The summed E-state index contributed by atoms with van der Waals surface area (Å²) in [5, 5.41) is 6.16. The van der Waals surface area contributed by atoms with E-state index in [0.717, 1.165) is 41.6 Å². The van der Waals surface area contributed by atoms with Crippen LogP contribution in [0.25, 0.3) is 10.8 Å². The zero-order valence-corrected chi connectivity index (χ0v) is 12.8. The molecule has 7 heteroatoms. The number of piperazine rings is 1. The number of anilines is 1. The van der Waals surface area contributed by atoms with E-state index in [-0.39, 0.29) is 6.04 Å². The predicted octanol–water partition coefficient (Wildman–Crippen LogP) is 1.61. The highest BCUT2D eigenvalue weighted by Crippen LogP contribution is 2.34. The van der Waals surface area contributed by atoms with Crippen LogP contribution in [0.1, 0.15) is 17.4 Å². The summed E-state index contributed by atoms with van der Waals surface area (Å²) in [5.41, 5.74) is 7.83. The number of nitrogens with two attached hydrogens (primary N) is 1. The van der Waals surface area contributed by atoms with Crippen LogP contribution in [0.15, 0.2) is 9.90 Å². The maximum Gasteiger partial charge on any atom is 0.270 e. The molecular formula is C13H19N5OS. The van der Waals surface area contributed by atoms with Gasteiger partial charge in [-0.25, -0.2) is 0 Å². The fourth-order valence-corrected chi connectivity index (χ4v) is 3.26. The summed E-state index contributed by atoms with van der Waals surface area (Å²) in [6, 6.07) is 0.175. The highest BCUT2D eigenvalue weighted by molar-refractivity contribution is 7.14. The fourth-order valence-electron chi connectivity index (χ4n) is 2.37. The number of likely N-dealkylation sites (N-methyl/N-ethyl adjacent to an activating group) is 2. The lowest BCUT2D eigenvalue weighted by molar-refractivity contribution is 0.108. The van der Waals surface area contributed by atoms with Crippen LogP contribution in [0.4, 0.5) is 5.69 Å².